The Labute approximate surface area is 268 Å². The molecule has 1 fully saturated rings. The number of carboxylic acid groups (broad SMARTS) is 1. The minimum atomic E-state index is -3.24. The zero-order valence-corrected chi connectivity index (χ0v) is 26.6. The van der Waals surface area contributed by atoms with Gasteiger partial charge in [0.15, 0.2) is 5.78 Å². The Morgan fingerprint density at radius 3 is 1.76 bits per heavy atom. The predicted octanol–water partition coefficient (Wildman–Crippen LogP) is 3.82. The maximum absolute atomic E-state index is 14.0. The molecule has 0 spiro atoms. The monoisotopic (exact) mass is 636 g/mol. The number of aliphatic carboxylic acids is 1. The molecular weight excluding hydrogens is 599 g/mol. The summed E-state index contributed by atoms with van der Waals surface area (Å²) in [6.07, 6.45) is -0.602. The molecule has 0 unspecified atom stereocenters. The van der Waals surface area contributed by atoms with E-state index < -0.39 is 36.8 Å². The molecule has 236 valence electrons. The van der Waals surface area contributed by atoms with Crippen molar-refractivity contribution in [1.82, 2.24) is 10.2 Å². The second kappa shape index (κ2) is 14.1. The Morgan fingerprint density at radius 2 is 1.30 bits per heavy atom. The molecule has 4 aromatic carbocycles. The van der Waals surface area contributed by atoms with Gasteiger partial charge >= 0.3 is 5.97 Å². The van der Waals surface area contributed by atoms with Crippen LogP contribution >= 0.6 is 6.89 Å². The minimum Gasteiger partial charge on any atom is -0.477 e. The van der Waals surface area contributed by atoms with E-state index in [-0.39, 0.29) is 29.1 Å². The molecule has 0 bridgehead atoms. The summed E-state index contributed by atoms with van der Waals surface area (Å²) in [7, 11) is 0. The van der Waals surface area contributed by atoms with Gasteiger partial charge in [0.25, 0.3) is 5.91 Å². The molecule has 0 aliphatic carbocycles. The molecular formula is C37H37N2O6P. The molecule has 2 amide bonds. The van der Waals surface area contributed by atoms with Gasteiger partial charge in [-0.1, -0.05) is 110 Å². The summed E-state index contributed by atoms with van der Waals surface area (Å²) in [5.74, 6) is -3.49. The smallest absolute Gasteiger partial charge is 0.353 e. The van der Waals surface area contributed by atoms with Crippen LogP contribution in [0.2, 0.25) is 0 Å². The predicted molar refractivity (Wildman–Crippen MR) is 182 cm³/mol. The van der Waals surface area contributed by atoms with Crippen LogP contribution in [0.1, 0.15) is 47.4 Å². The summed E-state index contributed by atoms with van der Waals surface area (Å²) < 4.78 is 0. The van der Waals surface area contributed by atoms with Crippen molar-refractivity contribution in [2.75, 3.05) is 6.54 Å². The van der Waals surface area contributed by atoms with Crippen LogP contribution in [-0.2, 0) is 9.59 Å². The van der Waals surface area contributed by atoms with Crippen LogP contribution in [-0.4, -0.2) is 62.8 Å². The highest BCUT2D eigenvalue weighted by Crippen LogP contribution is 2.49. The number of carboxylic acids is 1. The van der Waals surface area contributed by atoms with Gasteiger partial charge in [0, 0.05) is 31.0 Å². The molecule has 3 N–H and O–H groups in total. The molecule has 1 saturated heterocycles. The molecule has 1 aliphatic heterocycles. The number of nitrogens with one attached hydrogen (secondary N) is 1. The zero-order chi connectivity index (χ0) is 32.8. The third-order valence-corrected chi connectivity index (χ3v) is 12.6. The van der Waals surface area contributed by atoms with E-state index in [9.17, 15) is 29.4 Å². The van der Waals surface area contributed by atoms with Gasteiger partial charge in [0.05, 0.1) is 18.1 Å². The first-order valence-corrected chi connectivity index (χ1v) is 17.1. The van der Waals surface area contributed by atoms with Gasteiger partial charge in [-0.2, -0.15) is 0 Å². The molecule has 46 heavy (non-hydrogen) atoms. The second-order valence-corrected chi connectivity index (χ2v) is 14.6. The molecule has 4 aromatic rings. The number of amides is 2. The molecule has 8 nitrogen and oxygen atoms in total. The Hall–Kier alpha value is -4.78. The topological polar surface area (TPSA) is 124 Å². The van der Waals surface area contributed by atoms with Gasteiger partial charge in [-0.05, 0) is 41.4 Å². The highest BCUT2D eigenvalue weighted by molar-refractivity contribution is 7.96. The number of hydrogen-bond donors (Lipinski definition) is 3. The van der Waals surface area contributed by atoms with Crippen molar-refractivity contribution in [2.24, 2.45) is 5.92 Å². The van der Waals surface area contributed by atoms with E-state index >= 15 is 0 Å². The summed E-state index contributed by atoms with van der Waals surface area (Å²) in [5, 5.41) is 26.8. The van der Waals surface area contributed by atoms with Gasteiger partial charge in [0.1, 0.15) is 5.42 Å². The number of β-lactam (4-membered cyclic amide) rings is 1. The molecule has 1 aliphatic rings. The first kappa shape index (κ1) is 32.6. The summed E-state index contributed by atoms with van der Waals surface area (Å²) in [5.41, 5.74) is 0.469. The lowest BCUT2D eigenvalue weighted by Crippen LogP contribution is -2.68. The number of carbonyl (C=O) groups is 4. The normalized spacial score (nSPS) is 16.7. The maximum atomic E-state index is 14.0. The molecule has 0 aromatic heterocycles. The molecule has 1 heterocycles. The van der Waals surface area contributed by atoms with Crippen molar-refractivity contribution in [1.29, 1.82) is 0 Å². The number of aliphatic hydroxyl groups excluding tert-OH is 1. The first-order chi connectivity index (χ1) is 22.2. The van der Waals surface area contributed by atoms with Crippen LogP contribution in [0.5, 0.6) is 0 Å². The van der Waals surface area contributed by atoms with E-state index in [4.69, 9.17) is 0 Å². The first-order valence-electron chi connectivity index (χ1n) is 15.3. The summed E-state index contributed by atoms with van der Waals surface area (Å²) in [4.78, 5) is 55.3. The zero-order valence-electron chi connectivity index (χ0n) is 25.7. The van der Waals surface area contributed by atoms with Crippen molar-refractivity contribution in [3.63, 3.8) is 0 Å². The van der Waals surface area contributed by atoms with Gasteiger partial charge in [-0.3, -0.25) is 14.4 Å². The standard InChI is InChI=1S/C37H37N2O6P/c1-3-22-38-34(42)27-15-13-14-26(23-27)32(41)24-31-33(25(2)40)35(43)39(31)36(37(44)45)46(28-16-7-4-8-17-28,29-18-9-5-10-19-29)30-20-11-6-12-21-30/h4-21,23,25,31,33,40H,3,22,24H2,1-2H3,(H,38,42)(H,44,45)/t25-,31-,33-/m1/s1. The lowest BCUT2D eigenvalue weighted by molar-refractivity contribution is -0.156. The third-order valence-electron chi connectivity index (χ3n) is 8.33. The molecule has 0 saturated carbocycles. The molecule has 0 radical (unpaired) electrons. The van der Waals surface area contributed by atoms with Crippen LogP contribution in [0.3, 0.4) is 0 Å². The van der Waals surface area contributed by atoms with Gasteiger partial charge in [-0.25, -0.2) is 4.79 Å². The van der Waals surface area contributed by atoms with Crippen molar-refractivity contribution in [3.8, 4) is 0 Å². The fourth-order valence-corrected chi connectivity index (χ4v) is 10.6. The number of benzene rings is 4. The Balaban J connectivity index is 1.72. The highest BCUT2D eigenvalue weighted by Gasteiger charge is 2.55. The lowest BCUT2D eigenvalue weighted by Gasteiger charge is -2.50. The fraction of sp³-hybridized carbons (Fsp3) is 0.216. The number of hydrogen-bond acceptors (Lipinski definition) is 5. The van der Waals surface area contributed by atoms with E-state index in [2.05, 4.69) is 5.32 Å². The van der Waals surface area contributed by atoms with E-state index in [1.807, 2.05) is 97.9 Å². The molecule has 3 atom stereocenters. The van der Waals surface area contributed by atoms with Crippen LogP contribution in [0.25, 0.3) is 0 Å². The van der Waals surface area contributed by atoms with E-state index in [1.165, 1.54) is 17.9 Å². The SMILES string of the molecule is CCCNC(=O)c1cccc(C(=O)C[C@@H]2[C@@H]([C@@H](C)O)C(=O)N2C(C(=O)O)=P(c2ccccc2)(c2ccccc2)c2ccccc2)c1. The second-order valence-electron chi connectivity index (χ2n) is 11.3. The number of nitrogens with zero attached hydrogens (tertiary/aromatic N) is 1. The highest BCUT2D eigenvalue weighted by atomic mass is 31.2. The third kappa shape index (κ3) is 6.06. The van der Waals surface area contributed by atoms with Crippen molar-refractivity contribution < 1.29 is 29.4 Å². The van der Waals surface area contributed by atoms with E-state index in [1.54, 1.807) is 18.2 Å². The fourth-order valence-electron chi connectivity index (χ4n) is 6.23. The van der Waals surface area contributed by atoms with Crippen LogP contribution in [0, 0.1) is 5.92 Å². The summed E-state index contributed by atoms with van der Waals surface area (Å²) >= 11 is 0. The van der Waals surface area contributed by atoms with Gasteiger partial charge in [-0.15, -0.1) is 0 Å². The Bertz CT molecular complexity index is 1690. The number of carbonyl (C=O) groups excluding carboxylic acids is 3. The largest absolute Gasteiger partial charge is 0.477 e. The van der Waals surface area contributed by atoms with Crippen LogP contribution in [0.15, 0.2) is 115 Å². The van der Waals surface area contributed by atoms with Gasteiger partial charge < -0.3 is 20.4 Å². The summed E-state index contributed by atoms with van der Waals surface area (Å²) in [6.45, 7) is 0.670. The number of rotatable bonds is 12. The Morgan fingerprint density at radius 1 is 0.804 bits per heavy atom. The number of aliphatic hydroxyl groups is 1. The quantitative estimate of drug-likeness (QED) is 0.124. The number of ketones is 1. The van der Waals surface area contributed by atoms with Gasteiger partial charge in [0.2, 0.25) is 5.91 Å². The summed E-state index contributed by atoms with van der Waals surface area (Å²) in [6, 6.07) is 33.3. The van der Waals surface area contributed by atoms with E-state index in [0.29, 0.717) is 12.1 Å². The van der Waals surface area contributed by atoms with Crippen molar-refractivity contribution in [3.05, 3.63) is 126 Å². The van der Waals surface area contributed by atoms with Crippen molar-refractivity contribution >= 4 is 51.8 Å². The average molecular weight is 637 g/mol. The minimum absolute atomic E-state index is 0.122. The average Bonchev–Trinajstić information content (AvgIpc) is 3.08. The molecule has 9 heteroatoms. The lowest BCUT2D eigenvalue weighted by atomic mass is 9.79. The Kier molecular flexibility index (Phi) is 10.0. The number of Topliss-reactive ketones (excluding diaryl/α,β-unsaturated/α-hetero) is 1. The number of likely N-dealkylation sites (tertiary alicyclic amines) is 1. The maximum Gasteiger partial charge on any atom is 0.353 e. The van der Waals surface area contributed by atoms with E-state index in [0.717, 1.165) is 22.3 Å². The van der Waals surface area contributed by atoms with Crippen LogP contribution in [0.4, 0.5) is 0 Å². The van der Waals surface area contributed by atoms with Crippen molar-refractivity contribution in [2.45, 2.75) is 38.8 Å². The van der Waals surface area contributed by atoms with Crippen LogP contribution < -0.4 is 21.2 Å². The molecule has 5 rings (SSSR count).